The molecule has 0 heterocycles. The van der Waals surface area contributed by atoms with Gasteiger partial charge in [-0.2, -0.15) is 0 Å². The third-order valence-electron chi connectivity index (χ3n) is 2.78. The summed E-state index contributed by atoms with van der Waals surface area (Å²) in [6, 6.07) is 5.02. The van der Waals surface area contributed by atoms with Crippen molar-refractivity contribution in [1.82, 2.24) is 0 Å². The van der Waals surface area contributed by atoms with E-state index in [2.05, 4.69) is 6.92 Å². The van der Waals surface area contributed by atoms with Gasteiger partial charge < -0.3 is 5.73 Å². The van der Waals surface area contributed by atoms with Crippen LogP contribution in [-0.2, 0) is 6.42 Å². The van der Waals surface area contributed by atoms with E-state index in [-0.39, 0.29) is 16.9 Å². The molecule has 2 atom stereocenters. The van der Waals surface area contributed by atoms with Crippen molar-refractivity contribution in [2.75, 3.05) is 0 Å². The van der Waals surface area contributed by atoms with Crippen molar-refractivity contribution >= 4 is 11.6 Å². The van der Waals surface area contributed by atoms with Gasteiger partial charge in [0.15, 0.2) is 0 Å². The lowest BCUT2D eigenvalue weighted by Gasteiger charge is -2.19. The van der Waals surface area contributed by atoms with E-state index in [4.69, 9.17) is 17.3 Å². The Morgan fingerprint density at radius 1 is 1.47 bits per heavy atom. The second-order valence-electron chi connectivity index (χ2n) is 3.94. The zero-order chi connectivity index (χ0) is 11.4. The van der Waals surface area contributed by atoms with Gasteiger partial charge in [-0.3, -0.25) is 0 Å². The standard InChI is InChI=1S/C12H17ClFN/c1-3-9(8(2)15)7-10-5-4-6-11(14)12(10)13/h4-6,8-9H,3,7,15H2,1-2H3. The predicted octanol–water partition coefficient (Wildman–Crippen LogP) is 3.40. The van der Waals surface area contributed by atoms with E-state index in [0.717, 1.165) is 18.4 Å². The first kappa shape index (κ1) is 12.5. The highest BCUT2D eigenvalue weighted by molar-refractivity contribution is 6.31. The second-order valence-corrected chi connectivity index (χ2v) is 4.32. The molecule has 84 valence electrons. The molecule has 0 spiro atoms. The highest BCUT2D eigenvalue weighted by atomic mass is 35.5. The molecule has 0 saturated carbocycles. The van der Waals surface area contributed by atoms with Crippen molar-refractivity contribution < 1.29 is 4.39 Å². The monoisotopic (exact) mass is 229 g/mol. The molecule has 0 radical (unpaired) electrons. The summed E-state index contributed by atoms with van der Waals surface area (Å²) < 4.78 is 13.2. The van der Waals surface area contributed by atoms with Crippen LogP contribution in [0.2, 0.25) is 5.02 Å². The van der Waals surface area contributed by atoms with Gasteiger partial charge >= 0.3 is 0 Å². The van der Waals surface area contributed by atoms with Crippen LogP contribution in [0.3, 0.4) is 0 Å². The lowest BCUT2D eigenvalue weighted by molar-refractivity contribution is 0.427. The molecule has 0 amide bonds. The van der Waals surface area contributed by atoms with Crippen LogP contribution < -0.4 is 5.73 Å². The topological polar surface area (TPSA) is 26.0 Å². The highest BCUT2D eigenvalue weighted by Crippen LogP contribution is 2.24. The van der Waals surface area contributed by atoms with Crippen LogP contribution in [0.25, 0.3) is 0 Å². The summed E-state index contributed by atoms with van der Waals surface area (Å²) in [5, 5.41) is 0.233. The molecule has 0 aliphatic rings. The Labute approximate surface area is 95.4 Å². The van der Waals surface area contributed by atoms with Crippen molar-refractivity contribution in [2.45, 2.75) is 32.7 Å². The van der Waals surface area contributed by atoms with Crippen LogP contribution in [0, 0.1) is 11.7 Å². The van der Waals surface area contributed by atoms with Crippen LogP contribution in [0.5, 0.6) is 0 Å². The number of halogens is 2. The molecule has 2 unspecified atom stereocenters. The average molecular weight is 230 g/mol. The van der Waals surface area contributed by atoms with E-state index in [1.165, 1.54) is 6.07 Å². The molecule has 1 aromatic rings. The Morgan fingerprint density at radius 3 is 2.67 bits per heavy atom. The van der Waals surface area contributed by atoms with E-state index < -0.39 is 0 Å². The summed E-state index contributed by atoms with van der Waals surface area (Å²) in [6.07, 6.45) is 1.72. The molecule has 0 aromatic heterocycles. The van der Waals surface area contributed by atoms with E-state index >= 15 is 0 Å². The second kappa shape index (κ2) is 5.47. The van der Waals surface area contributed by atoms with Gasteiger partial charge in [-0.05, 0) is 30.9 Å². The Hall–Kier alpha value is -0.600. The Morgan fingerprint density at radius 2 is 2.13 bits per heavy atom. The van der Waals surface area contributed by atoms with Crippen molar-refractivity contribution in [1.29, 1.82) is 0 Å². The van der Waals surface area contributed by atoms with Gasteiger partial charge in [0, 0.05) is 6.04 Å². The van der Waals surface area contributed by atoms with Crippen LogP contribution in [0.4, 0.5) is 4.39 Å². The predicted molar refractivity (Wildman–Crippen MR) is 62.5 cm³/mol. The van der Waals surface area contributed by atoms with E-state index in [1.807, 2.05) is 13.0 Å². The SMILES string of the molecule is CCC(Cc1cccc(F)c1Cl)C(C)N. The van der Waals surface area contributed by atoms with E-state index in [0.29, 0.717) is 5.92 Å². The summed E-state index contributed by atoms with van der Waals surface area (Å²) in [4.78, 5) is 0. The summed E-state index contributed by atoms with van der Waals surface area (Å²) >= 11 is 5.88. The smallest absolute Gasteiger partial charge is 0.142 e. The minimum atomic E-state index is -0.353. The molecule has 3 heteroatoms. The first-order chi connectivity index (χ1) is 7.06. The number of hydrogen-bond acceptors (Lipinski definition) is 1. The van der Waals surface area contributed by atoms with Crippen LogP contribution >= 0.6 is 11.6 Å². The van der Waals surface area contributed by atoms with Crippen molar-refractivity contribution in [2.24, 2.45) is 11.7 Å². The first-order valence-corrected chi connectivity index (χ1v) is 5.62. The normalized spacial score (nSPS) is 15.0. The lowest BCUT2D eigenvalue weighted by atomic mass is 9.91. The molecular formula is C12H17ClFN. The van der Waals surface area contributed by atoms with Crippen molar-refractivity contribution in [3.63, 3.8) is 0 Å². The zero-order valence-electron chi connectivity index (χ0n) is 9.13. The first-order valence-electron chi connectivity index (χ1n) is 5.24. The number of nitrogens with two attached hydrogens (primary N) is 1. The van der Waals surface area contributed by atoms with Crippen LogP contribution in [-0.4, -0.2) is 6.04 Å². The number of hydrogen-bond donors (Lipinski definition) is 1. The molecular weight excluding hydrogens is 213 g/mol. The summed E-state index contributed by atoms with van der Waals surface area (Å²) in [5.74, 6) is -0.00186. The van der Waals surface area contributed by atoms with E-state index in [1.54, 1.807) is 6.07 Å². The van der Waals surface area contributed by atoms with Gasteiger partial charge in [0.2, 0.25) is 0 Å². The quantitative estimate of drug-likeness (QED) is 0.842. The lowest BCUT2D eigenvalue weighted by Crippen LogP contribution is -2.27. The molecule has 0 fully saturated rings. The third-order valence-corrected chi connectivity index (χ3v) is 3.20. The summed E-state index contributed by atoms with van der Waals surface area (Å²) in [6.45, 7) is 4.06. The molecule has 1 rings (SSSR count). The highest BCUT2D eigenvalue weighted by Gasteiger charge is 2.15. The molecule has 1 aromatic carbocycles. The number of rotatable bonds is 4. The zero-order valence-corrected chi connectivity index (χ0v) is 9.89. The summed E-state index contributed by atoms with van der Waals surface area (Å²) in [5.41, 5.74) is 6.69. The van der Waals surface area contributed by atoms with Gasteiger partial charge in [0.25, 0.3) is 0 Å². The van der Waals surface area contributed by atoms with Crippen LogP contribution in [0.1, 0.15) is 25.8 Å². The molecule has 15 heavy (non-hydrogen) atoms. The number of benzene rings is 1. The molecule has 0 saturated heterocycles. The van der Waals surface area contributed by atoms with Gasteiger partial charge in [0.05, 0.1) is 5.02 Å². The minimum absolute atomic E-state index is 0.106. The van der Waals surface area contributed by atoms with Crippen molar-refractivity contribution in [3.8, 4) is 0 Å². The molecule has 0 aliphatic carbocycles. The average Bonchev–Trinajstić information content (AvgIpc) is 2.19. The Balaban J connectivity index is 2.84. The van der Waals surface area contributed by atoms with Gasteiger partial charge in [-0.25, -0.2) is 4.39 Å². The largest absolute Gasteiger partial charge is 0.328 e. The maximum Gasteiger partial charge on any atom is 0.142 e. The van der Waals surface area contributed by atoms with Crippen molar-refractivity contribution in [3.05, 3.63) is 34.6 Å². The fourth-order valence-electron chi connectivity index (χ4n) is 1.69. The fraction of sp³-hybridized carbons (Fsp3) is 0.500. The van der Waals surface area contributed by atoms with Crippen LogP contribution in [0.15, 0.2) is 18.2 Å². The summed E-state index contributed by atoms with van der Waals surface area (Å²) in [7, 11) is 0. The van der Waals surface area contributed by atoms with Gasteiger partial charge in [-0.15, -0.1) is 0 Å². The molecule has 0 aliphatic heterocycles. The van der Waals surface area contributed by atoms with E-state index in [9.17, 15) is 4.39 Å². The Bertz CT molecular complexity index is 325. The van der Waals surface area contributed by atoms with Gasteiger partial charge in [-0.1, -0.05) is 37.1 Å². The Kier molecular flexibility index (Phi) is 4.55. The molecule has 0 bridgehead atoms. The maximum absolute atomic E-state index is 13.2. The molecule has 1 nitrogen and oxygen atoms in total. The third kappa shape index (κ3) is 3.18. The fourth-order valence-corrected chi connectivity index (χ4v) is 1.89. The molecule has 2 N–H and O–H groups in total. The van der Waals surface area contributed by atoms with Gasteiger partial charge in [0.1, 0.15) is 5.82 Å². The minimum Gasteiger partial charge on any atom is -0.328 e. The maximum atomic E-state index is 13.2.